The number of nitrogens with two attached hydrogens (primary N) is 1. The maximum atomic E-state index is 12.0. The monoisotopic (exact) mass is 431 g/mol. The van der Waals surface area contributed by atoms with E-state index in [0.29, 0.717) is 0 Å². The van der Waals surface area contributed by atoms with Gasteiger partial charge in [0.05, 0.1) is 6.54 Å². The molecular formula is C13H17N7O6S2. The Morgan fingerprint density at radius 2 is 2.25 bits per heavy atom. The molecule has 0 spiro atoms. The van der Waals surface area contributed by atoms with Crippen molar-refractivity contribution in [1.82, 2.24) is 25.1 Å². The number of carboxylic acid groups (broad SMARTS) is 2. The number of carbonyl (C=O) groups is 3. The number of nitrogens with zero attached hydrogens (tertiary/aromatic N) is 6. The average molecular weight is 431 g/mol. The molecular weight excluding hydrogens is 414 g/mol. The zero-order valence-electron chi connectivity index (χ0n) is 14.6. The van der Waals surface area contributed by atoms with E-state index in [0.717, 1.165) is 11.8 Å². The fourth-order valence-corrected chi connectivity index (χ4v) is 5.48. The number of rotatable bonds is 8. The molecule has 3 atom stereocenters. The molecule has 0 saturated carbocycles. The molecule has 3 rings (SSSR count). The van der Waals surface area contributed by atoms with Crippen molar-refractivity contribution in [2.24, 2.45) is 16.3 Å². The van der Waals surface area contributed by atoms with Crippen LogP contribution in [0.5, 0.6) is 0 Å². The van der Waals surface area contributed by atoms with Crippen LogP contribution in [-0.2, 0) is 25.8 Å². The Hall–Kier alpha value is -2.39. The van der Waals surface area contributed by atoms with Crippen LogP contribution in [-0.4, -0.2) is 95.5 Å². The average Bonchev–Trinajstić information content (AvgIpc) is 3.12. The van der Waals surface area contributed by atoms with Crippen molar-refractivity contribution in [3.63, 3.8) is 0 Å². The summed E-state index contributed by atoms with van der Waals surface area (Å²) in [6.07, 6.45) is 0. The standard InChI is InChI=1S/C13H17N7O6S2/c1-26-16-6(10(22)23)2-20-12(15-17-18-20)28-5-13(11(24)25)3-19-8(21)7(14)9(19)27-4-13/h7,9H,2-5,14H2,1H3,(H,22,23)(H,24,25)/t7?,9-,13?/m1/s1. The fraction of sp³-hybridized carbons (Fsp3) is 0.615. The number of carboxylic acids is 2. The van der Waals surface area contributed by atoms with Crippen LogP contribution in [0.3, 0.4) is 0 Å². The highest BCUT2D eigenvalue weighted by Gasteiger charge is 2.55. The van der Waals surface area contributed by atoms with Crippen LogP contribution >= 0.6 is 23.5 Å². The Morgan fingerprint density at radius 3 is 2.89 bits per heavy atom. The minimum absolute atomic E-state index is 0.0482. The Balaban J connectivity index is 1.72. The summed E-state index contributed by atoms with van der Waals surface area (Å²) in [5.74, 6) is -2.22. The molecule has 1 aromatic rings. The van der Waals surface area contributed by atoms with Crippen molar-refractivity contribution in [1.29, 1.82) is 0 Å². The van der Waals surface area contributed by atoms with Gasteiger partial charge < -0.3 is 25.7 Å². The Kier molecular flexibility index (Phi) is 5.76. The van der Waals surface area contributed by atoms with E-state index in [9.17, 15) is 19.5 Å². The lowest BCUT2D eigenvalue weighted by molar-refractivity contribution is -0.155. The van der Waals surface area contributed by atoms with Gasteiger partial charge in [0.1, 0.15) is 23.9 Å². The smallest absolute Gasteiger partial charge is 0.355 e. The van der Waals surface area contributed by atoms with E-state index in [2.05, 4.69) is 25.5 Å². The summed E-state index contributed by atoms with van der Waals surface area (Å²) in [4.78, 5) is 41.0. The van der Waals surface area contributed by atoms with Crippen LogP contribution in [0, 0.1) is 5.41 Å². The molecule has 2 aliphatic heterocycles. The van der Waals surface area contributed by atoms with E-state index < -0.39 is 23.4 Å². The molecule has 0 radical (unpaired) electrons. The van der Waals surface area contributed by atoms with Gasteiger partial charge in [0, 0.05) is 18.1 Å². The predicted molar refractivity (Wildman–Crippen MR) is 96.6 cm³/mol. The normalized spacial score (nSPS) is 27.1. The second-order valence-electron chi connectivity index (χ2n) is 6.21. The van der Waals surface area contributed by atoms with Crippen LogP contribution in [0.4, 0.5) is 0 Å². The lowest BCUT2D eigenvalue weighted by Gasteiger charge is -2.52. The predicted octanol–water partition coefficient (Wildman–Crippen LogP) is -1.83. The van der Waals surface area contributed by atoms with Crippen LogP contribution in [0.15, 0.2) is 10.3 Å². The van der Waals surface area contributed by atoms with Gasteiger partial charge in [-0.15, -0.1) is 16.9 Å². The molecule has 3 heterocycles. The molecule has 15 heteroatoms. The molecule has 2 fully saturated rings. The first kappa shape index (κ1) is 20.3. The summed E-state index contributed by atoms with van der Waals surface area (Å²) in [5.41, 5.74) is 4.23. The minimum Gasteiger partial charge on any atom is -0.481 e. The van der Waals surface area contributed by atoms with E-state index >= 15 is 0 Å². The molecule has 1 aromatic heterocycles. The summed E-state index contributed by atoms with van der Waals surface area (Å²) >= 11 is 2.40. The van der Waals surface area contributed by atoms with Crippen LogP contribution < -0.4 is 5.73 Å². The second-order valence-corrected chi connectivity index (χ2v) is 8.26. The van der Waals surface area contributed by atoms with E-state index in [4.69, 9.17) is 10.8 Å². The molecule has 152 valence electrons. The molecule has 2 unspecified atom stereocenters. The van der Waals surface area contributed by atoms with Gasteiger partial charge in [0.25, 0.3) is 0 Å². The highest BCUT2D eigenvalue weighted by molar-refractivity contribution is 8.00. The molecule has 2 saturated heterocycles. The maximum absolute atomic E-state index is 12.0. The van der Waals surface area contributed by atoms with Crippen molar-refractivity contribution in [2.45, 2.75) is 23.1 Å². The first-order valence-corrected chi connectivity index (χ1v) is 9.96. The number of amides is 1. The van der Waals surface area contributed by atoms with Gasteiger partial charge in [-0.3, -0.25) is 9.59 Å². The lowest BCUT2D eigenvalue weighted by atomic mass is 9.89. The van der Waals surface area contributed by atoms with Gasteiger partial charge in [-0.25, -0.2) is 9.48 Å². The van der Waals surface area contributed by atoms with Crippen LogP contribution in [0.25, 0.3) is 0 Å². The molecule has 28 heavy (non-hydrogen) atoms. The third-order valence-corrected chi connectivity index (χ3v) is 7.22. The van der Waals surface area contributed by atoms with Gasteiger partial charge in [-0.1, -0.05) is 16.9 Å². The van der Waals surface area contributed by atoms with E-state index in [1.807, 2.05) is 0 Å². The Labute approximate surface area is 166 Å². The van der Waals surface area contributed by atoms with Gasteiger partial charge in [0.2, 0.25) is 11.1 Å². The molecule has 1 amide bonds. The third kappa shape index (κ3) is 3.64. The number of tetrazole rings is 1. The summed E-state index contributed by atoms with van der Waals surface area (Å²) in [6, 6.07) is -0.591. The van der Waals surface area contributed by atoms with Crippen molar-refractivity contribution >= 4 is 47.1 Å². The van der Waals surface area contributed by atoms with Crippen molar-refractivity contribution in [2.75, 3.05) is 25.2 Å². The number of aromatic nitrogens is 4. The largest absolute Gasteiger partial charge is 0.481 e. The third-order valence-electron chi connectivity index (χ3n) is 4.36. The van der Waals surface area contributed by atoms with E-state index in [-0.39, 0.29) is 46.7 Å². The number of thioether (sulfide) groups is 2. The highest BCUT2D eigenvalue weighted by atomic mass is 32.2. The number of β-lactam (4-membered cyclic amide) rings is 1. The highest BCUT2D eigenvalue weighted by Crippen LogP contribution is 2.43. The SMILES string of the molecule is CON=C(Cn1nnnc1SCC1(C(=O)O)CS[C@@H]2C(N)C(=O)N2C1)C(=O)O. The van der Waals surface area contributed by atoms with Crippen molar-refractivity contribution < 1.29 is 29.4 Å². The molecule has 13 nitrogen and oxygen atoms in total. The first-order valence-electron chi connectivity index (χ1n) is 7.92. The van der Waals surface area contributed by atoms with E-state index in [1.165, 1.54) is 28.5 Å². The van der Waals surface area contributed by atoms with Gasteiger partial charge >= 0.3 is 11.9 Å². The number of aliphatic carboxylic acids is 2. The number of carbonyl (C=O) groups excluding carboxylic acids is 1. The lowest BCUT2D eigenvalue weighted by Crippen LogP contribution is -2.72. The number of hydrogen-bond acceptors (Lipinski definition) is 11. The maximum Gasteiger partial charge on any atom is 0.355 e. The zero-order chi connectivity index (χ0) is 20.5. The first-order chi connectivity index (χ1) is 13.3. The quantitative estimate of drug-likeness (QED) is 0.181. The second kappa shape index (κ2) is 7.92. The molecule has 0 aliphatic carbocycles. The number of hydrogen-bond donors (Lipinski definition) is 3. The van der Waals surface area contributed by atoms with Gasteiger partial charge in [-0.05, 0) is 10.4 Å². The van der Waals surface area contributed by atoms with E-state index in [1.54, 1.807) is 0 Å². The topological polar surface area (TPSA) is 186 Å². The zero-order valence-corrected chi connectivity index (χ0v) is 16.2. The fourth-order valence-electron chi connectivity index (χ4n) is 2.80. The van der Waals surface area contributed by atoms with Crippen LogP contribution in [0.2, 0.25) is 0 Å². The molecule has 0 aromatic carbocycles. The van der Waals surface area contributed by atoms with Gasteiger partial charge in [0.15, 0.2) is 5.71 Å². The molecule has 0 bridgehead atoms. The van der Waals surface area contributed by atoms with Crippen molar-refractivity contribution in [3.8, 4) is 0 Å². The minimum atomic E-state index is -1.29. The summed E-state index contributed by atoms with van der Waals surface area (Å²) in [5, 5.41) is 33.4. The number of fused-ring (bicyclic) bond motifs is 1. The van der Waals surface area contributed by atoms with Crippen LogP contribution in [0.1, 0.15) is 0 Å². The molecule has 4 N–H and O–H groups in total. The summed E-state index contributed by atoms with van der Waals surface area (Å²) in [7, 11) is 1.21. The van der Waals surface area contributed by atoms with Crippen molar-refractivity contribution in [3.05, 3.63) is 0 Å². The van der Waals surface area contributed by atoms with Gasteiger partial charge in [-0.2, -0.15) is 0 Å². The number of oxime groups is 1. The summed E-state index contributed by atoms with van der Waals surface area (Å²) < 4.78 is 1.19. The Morgan fingerprint density at radius 1 is 1.50 bits per heavy atom. The Bertz CT molecular complexity index is 832. The summed E-state index contributed by atoms with van der Waals surface area (Å²) in [6.45, 7) is -0.207. The molecule has 2 aliphatic rings.